The molecule has 9 nitrogen and oxygen atoms in total. The molecule has 3 aromatic heterocycles. The molecule has 218 valence electrons. The van der Waals surface area contributed by atoms with E-state index in [1.54, 1.807) is 23.1 Å². The van der Waals surface area contributed by atoms with Crippen molar-refractivity contribution in [2.24, 2.45) is 0 Å². The number of fused-ring (bicyclic) bond motifs is 1. The maximum atomic E-state index is 13.0. The Bertz CT molecular complexity index is 1710. The van der Waals surface area contributed by atoms with Gasteiger partial charge in [0.05, 0.1) is 41.9 Å². The fourth-order valence-electron chi connectivity index (χ4n) is 5.03. The van der Waals surface area contributed by atoms with E-state index in [1.807, 2.05) is 30.3 Å². The van der Waals surface area contributed by atoms with Gasteiger partial charge in [-0.3, -0.25) is 14.3 Å². The first kappa shape index (κ1) is 28.9. The second-order valence-corrected chi connectivity index (χ2v) is 10.3. The number of benzene rings is 2. The molecule has 0 aliphatic rings. The molecular formula is C33H38N6O3. The minimum atomic E-state index is -0.305. The second-order valence-electron chi connectivity index (χ2n) is 10.3. The number of pyridine rings is 1. The van der Waals surface area contributed by atoms with Gasteiger partial charge in [-0.05, 0) is 67.4 Å². The van der Waals surface area contributed by atoms with Gasteiger partial charge in [-0.1, -0.05) is 45.0 Å². The van der Waals surface area contributed by atoms with Gasteiger partial charge in [0.25, 0.3) is 11.5 Å². The number of rotatable bonds is 13. The van der Waals surface area contributed by atoms with E-state index in [2.05, 4.69) is 64.3 Å². The number of ether oxygens (including phenoxy) is 1. The van der Waals surface area contributed by atoms with Crippen LogP contribution in [0.2, 0.25) is 0 Å². The molecule has 5 aromatic rings. The number of carbonyl (C=O) groups is 1. The van der Waals surface area contributed by atoms with E-state index in [1.165, 1.54) is 11.8 Å². The summed E-state index contributed by atoms with van der Waals surface area (Å²) >= 11 is 0. The normalized spacial score (nSPS) is 11.3. The SMILES string of the molecule is CCc1cccc(Cn2cc(C(=O)Nc3c[nH]c(=O)c(-c4cc5cc(OCCCN(CC)CC)ccc5[nH]4)c3)cn2)c1. The van der Waals surface area contributed by atoms with E-state index >= 15 is 0 Å². The van der Waals surface area contributed by atoms with Crippen LogP contribution in [0.3, 0.4) is 0 Å². The predicted octanol–water partition coefficient (Wildman–Crippen LogP) is 5.69. The Labute approximate surface area is 245 Å². The van der Waals surface area contributed by atoms with Gasteiger partial charge in [0.2, 0.25) is 0 Å². The van der Waals surface area contributed by atoms with E-state index in [-0.39, 0.29) is 11.5 Å². The number of anilines is 1. The Balaban J connectivity index is 1.25. The molecule has 0 bridgehead atoms. The lowest BCUT2D eigenvalue weighted by atomic mass is 10.1. The van der Waals surface area contributed by atoms with Crippen LogP contribution in [0.25, 0.3) is 22.2 Å². The number of hydrogen-bond donors (Lipinski definition) is 3. The van der Waals surface area contributed by atoms with Crippen molar-refractivity contribution in [1.29, 1.82) is 0 Å². The molecule has 3 N–H and O–H groups in total. The minimum absolute atomic E-state index is 0.255. The average Bonchev–Trinajstić information content (AvgIpc) is 3.65. The maximum Gasteiger partial charge on any atom is 0.258 e. The smallest absolute Gasteiger partial charge is 0.258 e. The molecular weight excluding hydrogens is 528 g/mol. The molecule has 0 radical (unpaired) electrons. The first-order chi connectivity index (χ1) is 20.4. The zero-order valence-corrected chi connectivity index (χ0v) is 24.4. The molecule has 0 saturated heterocycles. The highest BCUT2D eigenvalue weighted by Gasteiger charge is 2.13. The van der Waals surface area contributed by atoms with Crippen LogP contribution < -0.4 is 15.6 Å². The lowest BCUT2D eigenvalue weighted by Crippen LogP contribution is -2.25. The average molecular weight is 567 g/mol. The van der Waals surface area contributed by atoms with Gasteiger partial charge in [0.1, 0.15) is 5.75 Å². The van der Waals surface area contributed by atoms with Gasteiger partial charge in [0, 0.05) is 29.8 Å². The molecule has 0 unspecified atom stereocenters. The van der Waals surface area contributed by atoms with Crippen LogP contribution in [0.15, 0.2) is 78.0 Å². The first-order valence-corrected chi connectivity index (χ1v) is 14.6. The molecule has 0 atom stereocenters. The van der Waals surface area contributed by atoms with Crippen molar-refractivity contribution in [3.8, 4) is 17.0 Å². The molecule has 42 heavy (non-hydrogen) atoms. The first-order valence-electron chi connectivity index (χ1n) is 14.6. The highest BCUT2D eigenvalue weighted by molar-refractivity contribution is 6.04. The number of aromatic amines is 2. The van der Waals surface area contributed by atoms with Gasteiger partial charge in [-0.2, -0.15) is 5.10 Å². The third-order valence-corrected chi connectivity index (χ3v) is 7.46. The van der Waals surface area contributed by atoms with Crippen LogP contribution in [0.4, 0.5) is 5.69 Å². The lowest BCUT2D eigenvalue weighted by Gasteiger charge is -2.17. The van der Waals surface area contributed by atoms with Gasteiger partial charge in [-0.15, -0.1) is 0 Å². The van der Waals surface area contributed by atoms with E-state index in [9.17, 15) is 9.59 Å². The number of carbonyl (C=O) groups excluding carboxylic acids is 1. The minimum Gasteiger partial charge on any atom is -0.494 e. The van der Waals surface area contributed by atoms with E-state index in [0.29, 0.717) is 35.7 Å². The highest BCUT2D eigenvalue weighted by atomic mass is 16.5. The summed E-state index contributed by atoms with van der Waals surface area (Å²) in [6, 6.07) is 17.8. The van der Waals surface area contributed by atoms with E-state index in [4.69, 9.17) is 4.74 Å². The monoisotopic (exact) mass is 566 g/mol. The third kappa shape index (κ3) is 6.98. The fraction of sp³-hybridized carbons (Fsp3) is 0.303. The summed E-state index contributed by atoms with van der Waals surface area (Å²) in [5.41, 5.74) is 5.03. The standard InChI is InChI=1S/C33H38N6O3/c1-4-23-9-7-10-24(15-23)21-39-22-26(19-35-39)32(40)36-27-18-29(33(41)34-20-27)31-17-25-16-28(11-12-30(25)37-31)42-14-8-13-38(5-2)6-3/h7,9-12,15-20,22,37H,4-6,8,13-14,21H2,1-3H3,(H,34,41)(H,36,40). The summed E-state index contributed by atoms with van der Waals surface area (Å²) in [5, 5.41) is 8.18. The maximum absolute atomic E-state index is 13.0. The predicted molar refractivity (Wildman–Crippen MR) is 167 cm³/mol. The highest BCUT2D eigenvalue weighted by Crippen LogP contribution is 2.27. The summed E-state index contributed by atoms with van der Waals surface area (Å²) in [6.07, 6.45) is 6.69. The van der Waals surface area contributed by atoms with Crippen LogP contribution in [0.1, 0.15) is 48.7 Å². The number of nitrogens with one attached hydrogen (secondary N) is 3. The summed E-state index contributed by atoms with van der Waals surface area (Å²) < 4.78 is 7.73. The van der Waals surface area contributed by atoms with Crippen LogP contribution in [-0.4, -0.2) is 56.8 Å². The Morgan fingerprint density at radius 3 is 2.69 bits per heavy atom. The summed E-state index contributed by atoms with van der Waals surface area (Å²) in [6.45, 7) is 10.8. The third-order valence-electron chi connectivity index (χ3n) is 7.46. The van der Waals surface area contributed by atoms with Crippen molar-refractivity contribution in [2.75, 3.05) is 31.6 Å². The summed E-state index contributed by atoms with van der Waals surface area (Å²) in [7, 11) is 0. The number of H-pyrrole nitrogens is 2. The van der Waals surface area contributed by atoms with E-state index < -0.39 is 0 Å². The number of aromatic nitrogens is 4. The van der Waals surface area contributed by atoms with Crippen molar-refractivity contribution in [2.45, 2.75) is 40.2 Å². The number of aryl methyl sites for hydroxylation is 1. The van der Waals surface area contributed by atoms with Crippen molar-refractivity contribution in [3.63, 3.8) is 0 Å². The molecule has 0 aliphatic heterocycles. The summed E-state index contributed by atoms with van der Waals surface area (Å²) in [5.74, 6) is 0.488. The molecule has 0 spiro atoms. The van der Waals surface area contributed by atoms with Gasteiger partial charge >= 0.3 is 0 Å². The second kappa shape index (κ2) is 13.4. The largest absolute Gasteiger partial charge is 0.494 e. The molecule has 2 aromatic carbocycles. The molecule has 1 amide bonds. The van der Waals surface area contributed by atoms with Gasteiger partial charge in [0.15, 0.2) is 0 Å². The molecule has 0 saturated carbocycles. The topological polar surface area (TPSA) is 108 Å². The lowest BCUT2D eigenvalue weighted by molar-refractivity contribution is 0.102. The Hall–Kier alpha value is -4.63. The number of nitrogens with zero attached hydrogens (tertiary/aromatic N) is 3. The number of amides is 1. The zero-order chi connectivity index (χ0) is 29.5. The van der Waals surface area contributed by atoms with Gasteiger partial charge in [-0.25, -0.2) is 0 Å². The van der Waals surface area contributed by atoms with Crippen LogP contribution in [0.5, 0.6) is 5.75 Å². The van der Waals surface area contributed by atoms with Crippen molar-refractivity contribution in [3.05, 3.63) is 100 Å². The van der Waals surface area contributed by atoms with Crippen molar-refractivity contribution >= 4 is 22.5 Å². The van der Waals surface area contributed by atoms with E-state index in [0.717, 1.165) is 54.7 Å². The fourth-order valence-corrected chi connectivity index (χ4v) is 5.03. The molecule has 3 heterocycles. The molecule has 0 aliphatic carbocycles. The molecule has 9 heteroatoms. The van der Waals surface area contributed by atoms with Gasteiger partial charge < -0.3 is 24.9 Å². The van der Waals surface area contributed by atoms with Crippen LogP contribution >= 0.6 is 0 Å². The number of hydrogen-bond acceptors (Lipinski definition) is 5. The quantitative estimate of drug-likeness (QED) is 0.159. The van der Waals surface area contributed by atoms with Crippen LogP contribution in [-0.2, 0) is 13.0 Å². The Morgan fingerprint density at radius 1 is 1.05 bits per heavy atom. The van der Waals surface area contributed by atoms with Crippen molar-refractivity contribution < 1.29 is 9.53 Å². The Morgan fingerprint density at radius 2 is 1.88 bits per heavy atom. The zero-order valence-electron chi connectivity index (χ0n) is 24.4. The molecule has 0 fully saturated rings. The van der Waals surface area contributed by atoms with Crippen LogP contribution in [0, 0.1) is 0 Å². The Kier molecular flexibility index (Phi) is 9.18. The van der Waals surface area contributed by atoms with Crippen molar-refractivity contribution in [1.82, 2.24) is 24.6 Å². The summed E-state index contributed by atoms with van der Waals surface area (Å²) in [4.78, 5) is 34.2. The molecule has 5 rings (SSSR count).